The highest BCUT2D eigenvalue weighted by Crippen LogP contribution is 2.65. The quantitative estimate of drug-likeness (QED) is 0.764. The van der Waals surface area contributed by atoms with Gasteiger partial charge in [-0.25, -0.2) is 0 Å². The van der Waals surface area contributed by atoms with Gasteiger partial charge in [-0.15, -0.1) is 0 Å². The van der Waals surface area contributed by atoms with Gasteiger partial charge >= 0.3 is 0 Å². The normalized spacial score (nSPS) is 49.4. The van der Waals surface area contributed by atoms with E-state index in [-0.39, 0.29) is 17.7 Å². The molecular weight excluding hydrogens is 242 g/mol. The first-order valence-corrected chi connectivity index (χ1v) is 6.99. The van der Waals surface area contributed by atoms with E-state index >= 15 is 0 Å². The lowest BCUT2D eigenvalue weighted by Crippen LogP contribution is -2.37. The fraction of sp³-hybridized carbons (Fsp3) is 0.533. The predicted octanol–water partition coefficient (Wildman–Crippen LogP) is 1.00. The van der Waals surface area contributed by atoms with E-state index in [2.05, 4.69) is 0 Å². The maximum absolute atomic E-state index is 12.7. The summed E-state index contributed by atoms with van der Waals surface area (Å²) >= 11 is 0. The first-order chi connectivity index (χ1) is 9.27. The highest BCUT2D eigenvalue weighted by Gasteiger charge is 2.73. The number of amides is 1. The molecule has 1 aromatic carbocycles. The van der Waals surface area contributed by atoms with Crippen LogP contribution in [-0.4, -0.2) is 29.4 Å². The van der Waals surface area contributed by atoms with Gasteiger partial charge in [0.25, 0.3) is 0 Å². The molecule has 98 valence electrons. The van der Waals surface area contributed by atoms with Crippen LogP contribution in [0.4, 0.5) is 5.69 Å². The summed E-state index contributed by atoms with van der Waals surface area (Å²) in [4.78, 5) is 14.3. The topological polar surface area (TPSA) is 53.1 Å². The van der Waals surface area contributed by atoms with Crippen LogP contribution in [0.25, 0.3) is 0 Å². The van der Waals surface area contributed by atoms with Crippen molar-refractivity contribution in [1.82, 2.24) is 0 Å². The van der Waals surface area contributed by atoms with Gasteiger partial charge in [0, 0.05) is 17.5 Å². The third-order valence-corrected chi connectivity index (χ3v) is 5.49. The van der Waals surface area contributed by atoms with Crippen molar-refractivity contribution in [3.8, 4) is 0 Å². The number of carbonyl (C=O) groups is 1. The zero-order valence-electron chi connectivity index (χ0n) is 10.3. The van der Waals surface area contributed by atoms with E-state index in [1.807, 2.05) is 30.3 Å². The summed E-state index contributed by atoms with van der Waals surface area (Å²) in [6.07, 6.45) is 1.01. The van der Waals surface area contributed by atoms with Gasteiger partial charge in [0.2, 0.25) is 5.91 Å². The van der Waals surface area contributed by atoms with E-state index in [4.69, 9.17) is 4.74 Å². The van der Waals surface area contributed by atoms with Crippen molar-refractivity contribution in [2.24, 2.45) is 23.7 Å². The van der Waals surface area contributed by atoms with Gasteiger partial charge in [0.15, 0.2) is 0 Å². The first-order valence-electron chi connectivity index (χ1n) is 6.99. The summed E-state index contributed by atoms with van der Waals surface area (Å²) < 4.78 is 5.63. The summed E-state index contributed by atoms with van der Waals surface area (Å²) in [5.41, 5.74) is 0.809. The van der Waals surface area contributed by atoms with E-state index in [1.165, 1.54) is 0 Å². The molecule has 5 rings (SSSR count). The molecule has 2 heterocycles. The number of aliphatic hydroxyl groups is 1. The molecule has 0 radical (unpaired) electrons. The second-order valence-electron chi connectivity index (χ2n) is 6.19. The van der Waals surface area contributed by atoms with Gasteiger partial charge in [-0.2, -0.15) is 0 Å². The average molecular weight is 257 g/mol. The minimum atomic E-state index is -0.681. The molecule has 2 aliphatic carbocycles. The molecule has 7 atom stereocenters. The lowest BCUT2D eigenvalue weighted by atomic mass is 9.81. The number of nitrogens with zero attached hydrogens (tertiary/aromatic N) is 1. The van der Waals surface area contributed by atoms with Crippen LogP contribution in [0.3, 0.4) is 0 Å². The van der Waals surface area contributed by atoms with Crippen molar-refractivity contribution < 1.29 is 14.6 Å². The van der Waals surface area contributed by atoms with Gasteiger partial charge in [-0.05, 0) is 24.5 Å². The van der Waals surface area contributed by atoms with Crippen LogP contribution in [0, 0.1) is 23.7 Å². The van der Waals surface area contributed by atoms with Gasteiger partial charge in [-0.1, -0.05) is 18.2 Å². The minimum Gasteiger partial charge on any atom is -0.373 e. The lowest BCUT2D eigenvalue weighted by molar-refractivity contribution is -0.122. The summed E-state index contributed by atoms with van der Waals surface area (Å²) in [6, 6.07) is 9.50. The number of hydrogen-bond donors (Lipinski definition) is 1. The largest absolute Gasteiger partial charge is 0.373 e. The lowest BCUT2D eigenvalue weighted by Gasteiger charge is -2.25. The molecule has 1 N–H and O–H groups in total. The van der Waals surface area contributed by atoms with Crippen LogP contribution in [-0.2, 0) is 9.53 Å². The van der Waals surface area contributed by atoms with Gasteiger partial charge in [0.05, 0.1) is 18.1 Å². The molecule has 2 saturated heterocycles. The molecule has 4 aliphatic rings. The maximum Gasteiger partial charge on any atom is 0.233 e. The maximum atomic E-state index is 12.7. The molecule has 4 nitrogen and oxygen atoms in total. The Morgan fingerprint density at radius 2 is 1.89 bits per heavy atom. The van der Waals surface area contributed by atoms with Crippen molar-refractivity contribution in [2.75, 3.05) is 4.90 Å². The second kappa shape index (κ2) is 3.19. The number of rotatable bonds is 1. The summed E-state index contributed by atoms with van der Waals surface area (Å²) in [5, 5.41) is 10.6. The molecule has 4 heteroatoms. The van der Waals surface area contributed by atoms with Crippen LogP contribution >= 0.6 is 0 Å². The highest BCUT2D eigenvalue weighted by molar-refractivity contribution is 5.99. The third-order valence-electron chi connectivity index (χ3n) is 5.49. The molecule has 0 spiro atoms. The van der Waals surface area contributed by atoms with Crippen LogP contribution in [0.2, 0.25) is 0 Å². The molecule has 1 aromatic rings. The van der Waals surface area contributed by atoms with Gasteiger partial charge in [0.1, 0.15) is 6.23 Å². The van der Waals surface area contributed by atoms with Gasteiger partial charge < -0.3 is 9.84 Å². The zero-order chi connectivity index (χ0) is 12.7. The first kappa shape index (κ1) is 10.4. The molecule has 1 amide bonds. The van der Waals surface area contributed by atoms with Crippen LogP contribution in [0.1, 0.15) is 6.42 Å². The number of aliphatic hydroxyl groups excluding tert-OH is 1. The fourth-order valence-corrected chi connectivity index (χ4v) is 4.77. The second-order valence-corrected chi connectivity index (χ2v) is 6.19. The third kappa shape index (κ3) is 1.11. The number of ether oxygens (including phenoxy) is 1. The predicted molar refractivity (Wildman–Crippen MR) is 67.2 cm³/mol. The van der Waals surface area contributed by atoms with Gasteiger partial charge in [-0.3, -0.25) is 9.69 Å². The Balaban J connectivity index is 1.56. The van der Waals surface area contributed by atoms with Crippen molar-refractivity contribution in [3.05, 3.63) is 30.3 Å². The van der Waals surface area contributed by atoms with Crippen molar-refractivity contribution >= 4 is 11.6 Å². The van der Waals surface area contributed by atoms with Crippen LogP contribution in [0.5, 0.6) is 0 Å². The van der Waals surface area contributed by atoms with E-state index in [9.17, 15) is 9.90 Å². The van der Waals surface area contributed by atoms with E-state index < -0.39 is 6.23 Å². The van der Waals surface area contributed by atoms with E-state index in [0.717, 1.165) is 12.1 Å². The van der Waals surface area contributed by atoms with Crippen molar-refractivity contribution in [1.29, 1.82) is 0 Å². The number of benzene rings is 1. The number of epoxide rings is 1. The molecular formula is C15H15NO3. The molecule has 2 saturated carbocycles. The fourth-order valence-electron chi connectivity index (χ4n) is 4.77. The number of fused-ring (bicyclic) bond motifs is 8. The summed E-state index contributed by atoms with van der Waals surface area (Å²) in [7, 11) is 0. The van der Waals surface area contributed by atoms with Crippen LogP contribution < -0.4 is 4.90 Å². The SMILES string of the molecule is O=C1C2C3CC(C4OC34)C2[C@@H](O)N1c1ccccc1. The number of para-hydroxylation sites is 1. The molecule has 6 unspecified atom stereocenters. The summed E-state index contributed by atoms with van der Waals surface area (Å²) in [5.74, 6) is 0.860. The number of anilines is 1. The molecule has 19 heavy (non-hydrogen) atoms. The Kier molecular flexibility index (Phi) is 1.75. The van der Waals surface area contributed by atoms with E-state index in [1.54, 1.807) is 4.90 Å². The standard InChI is InChI=1S/C15H15NO3/c17-14-10-8-6-9(13-12(8)19-13)11(10)15(18)16(14)7-4-2-1-3-5-7/h1-5,8-14,17H,6H2/t8?,9?,10?,11?,12?,13?,14-/m1/s1. The minimum absolute atomic E-state index is 0.0241. The Labute approximate surface area is 111 Å². The smallest absolute Gasteiger partial charge is 0.233 e. The molecule has 4 fully saturated rings. The average Bonchev–Trinajstić information content (AvgIpc) is 2.94. The van der Waals surface area contributed by atoms with E-state index in [0.29, 0.717) is 24.0 Å². The molecule has 2 aliphatic heterocycles. The Morgan fingerprint density at radius 3 is 2.68 bits per heavy atom. The van der Waals surface area contributed by atoms with Crippen molar-refractivity contribution in [2.45, 2.75) is 24.9 Å². The Bertz CT molecular complexity index is 560. The zero-order valence-corrected chi connectivity index (χ0v) is 10.3. The number of hydrogen-bond acceptors (Lipinski definition) is 3. The number of carbonyl (C=O) groups excluding carboxylic acids is 1. The molecule has 2 bridgehead atoms. The summed E-state index contributed by atoms with van der Waals surface area (Å²) in [6.45, 7) is 0. The molecule has 0 aromatic heterocycles. The Morgan fingerprint density at radius 1 is 1.16 bits per heavy atom. The monoisotopic (exact) mass is 257 g/mol. The van der Waals surface area contributed by atoms with Crippen molar-refractivity contribution in [3.63, 3.8) is 0 Å². The highest BCUT2D eigenvalue weighted by atomic mass is 16.6. The van der Waals surface area contributed by atoms with Crippen LogP contribution in [0.15, 0.2) is 30.3 Å². The Hall–Kier alpha value is -1.39.